The van der Waals surface area contributed by atoms with Crippen LogP contribution in [0.2, 0.25) is 0 Å². The molecule has 1 fully saturated rings. The van der Waals surface area contributed by atoms with E-state index in [1.807, 2.05) is 20.3 Å². The van der Waals surface area contributed by atoms with E-state index in [0.717, 1.165) is 41.6 Å². The summed E-state index contributed by atoms with van der Waals surface area (Å²) in [5, 5.41) is 1.08. The smallest absolute Gasteiger partial charge is 0.185 e. The fourth-order valence-electron chi connectivity index (χ4n) is 3.61. The van der Waals surface area contributed by atoms with Crippen LogP contribution in [0.5, 0.6) is 0 Å². The summed E-state index contributed by atoms with van der Waals surface area (Å²) in [5.41, 5.74) is 3.52. The monoisotopic (exact) mass is 355 g/mol. The number of fused-ring (bicyclic) bond motifs is 1. The molecule has 1 atom stereocenters. The van der Waals surface area contributed by atoms with Gasteiger partial charge >= 0.3 is 0 Å². The van der Waals surface area contributed by atoms with Crippen molar-refractivity contribution in [2.75, 3.05) is 32.1 Å². The van der Waals surface area contributed by atoms with Crippen LogP contribution in [-0.2, 0) is 6.54 Å². The van der Waals surface area contributed by atoms with E-state index in [9.17, 15) is 0 Å². The Morgan fingerprint density at radius 1 is 1.36 bits per heavy atom. The fourth-order valence-corrected chi connectivity index (χ4v) is 4.48. The third-order valence-electron chi connectivity index (χ3n) is 4.93. The van der Waals surface area contributed by atoms with Crippen molar-refractivity contribution in [2.24, 2.45) is 0 Å². The van der Waals surface area contributed by atoms with Gasteiger partial charge in [0.05, 0.1) is 11.0 Å². The molecule has 132 valence electrons. The lowest BCUT2D eigenvalue weighted by molar-refractivity contribution is 0.198. The van der Waals surface area contributed by atoms with E-state index < -0.39 is 0 Å². The van der Waals surface area contributed by atoms with Crippen molar-refractivity contribution in [2.45, 2.75) is 32.2 Å². The molecule has 0 saturated carbocycles. The number of hydrogen-bond acceptors (Lipinski definition) is 5. The van der Waals surface area contributed by atoms with Gasteiger partial charge in [-0.25, -0.2) is 9.97 Å². The van der Waals surface area contributed by atoms with Gasteiger partial charge in [-0.2, -0.15) is 0 Å². The summed E-state index contributed by atoms with van der Waals surface area (Å²) in [5.74, 6) is 1.63. The fraction of sp³-hybridized carbons (Fsp3) is 0.474. The second-order valence-corrected chi connectivity index (χ2v) is 8.26. The molecule has 5 nitrogen and oxygen atoms in total. The largest absolute Gasteiger partial charge is 0.354 e. The summed E-state index contributed by atoms with van der Waals surface area (Å²) < 4.78 is 0. The van der Waals surface area contributed by atoms with Crippen LogP contribution in [0, 0.1) is 6.92 Å². The number of rotatable bonds is 4. The van der Waals surface area contributed by atoms with Crippen LogP contribution >= 0.6 is 11.3 Å². The highest BCUT2D eigenvalue weighted by molar-refractivity contribution is 7.15. The molecule has 0 unspecified atom stereocenters. The Hall–Kier alpha value is -1.92. The number of imidazole rings is 1. The number of hydrogen-bond donors (Lipinski definition) is 1. The van der Waals surface area contributed by atoms with Crippen LogP contribution in [0.3, 0.4) is 0 Å². The lowest BCUT2D eigenvalue weighted by atomic mass is 9.97. The number of aromatic nitrogens is 3. The third kappa shape index (κ3) is 3.41. The molecule has 6 heteroatoms. The van der Waals surface area contributed by atoms with Gasteiger partial charge in [0.15, 0.2) is 5.13 Å². The number of aryl methyl sites for hydroxylation is 1. The van der Waals surface area contributed by atoms with Gasteiger partial charge < -0.3 is 9.88 Å². The molecule has 0 aliphatic carbocycles. The van der Waals surface area contributed by atoms with Crippen molar-refractivity contribution >= 4 is 27.5 Å². The van der Waals surface area contributed by atoms with Crippen molar-refractivity contribution in [1.29, 1.82) is 0 Å². The summed E-state index contributed by atoms with van der Waals surface area (Å²) in [7, 11) is 4.09. The molecule has 1 aliphatic rings. The standard InChI is InChI=1S/C19H25N5S/c1-13-6-4-8-16-17(13)22-18(21-16)14-7-5-9-24(11-14)12-15-10-20-19(25-15)23(2)3/h4,6,8,10,14H,5,7,9,11-12H2,1-3H3,(H,21,22)/t14-/m1/s1. The first kappa shape index (κ1) is 16.5. The summed E-state index contributed by atoms with van der Waals surface area (Å²) in [6.07, 6.45) is 4.45. The van der Waals surface area contributed by atoms with E-state index in [-0.39, 0.29) is 0 Å². The molecule has 1 saturated heterocycles. The molecule has 1 N–H and O–H groups in total. The van der Waals surface area contributed by atoms with Crippen LogP contribution in [0.1, 0.15) is 35.0 Å². The summed E-state index contributed by atoms with van der Waals surface area (Å²) in [6, 6.07) is 6.35. The molecule has 2 aromatic heterocycles. The van der Waals surface area contributed by atoms with Crippen molar-refractivity contribution in [3.63, 3.8) is 0 Å². The van der Waals surface area contributed by atoms with Gasteiger partial charge in [0.1, 0.15) is 5.82 Å². The molecule has 3 aromatic rings. The molecule has 0 radical (unpaired) electrons. The van der Waals surface area contributed by atoms with Gasteiger partial charge in [0, 0.05) is 44.2 Å². The average molecular weight is 356 g/mol. The summed E-state index contributed by atoms with van der Waals surface area (Å²) in [6.45, 7) is 5.34. The molecule has 0 spiro atoms. The zero-order chi connectivity index (χ0) is 17.4. The highest BCUT2D eigenvalue weighted by atomic mass is 32.1. The zero-order valence-corrected chi connectivity index (χ0v) is 15.9. The first-order chi connectivity index (χ1) is 12.1. The van der Waals surface area contributed by atoms with Crippen LogP contribution < -0.4 is 4.90 Å². The highest BCUT2D eigenvalue weighted by Gasteiger charge is 2.24. The quantitative estimate of drug-likeness (QED) is 0.774. The molecule has 0 bridgehead atoms. The maximum atomic E-state index is 4.91. The van der Waals surface area contributed by atoms with Gasteiger partial charge in [0.2, 0.25) is 0 Å². The van der Waals surface area contributed by atoms with E-state index in [1.54, 1.807) is 11.3 Å². The number of para-hydroxylation sites is 1. The second-order valence-electron chi connectivity index (χ2n) is 7.17. The van der Waals surface area contributed by atoms with E-state index in [4.69, 9.17) is 4.98 Å². The van der Waals surface area contributed by atoms with E-state index in [1.165, 1.54) is 23.3 Å². The second kappa shape index (κ2) is 6.77. The molecule has 0 amide bonds. The first-order valence-electron chi connectivity index (χ1n) is 8.90. The van der Waals surface area contributed by atoms with Gasteiger partial charge in [0.25, 0.3) is 0 Å². The first-order valence-corrected chi connectivity index (χ1v) is 9.71. The number of nitrogens with zero attached hydrogens (tertiary/aromatic N) is 4. The maximum Gasteiger partial charge on any atom is 0.185 e. The lowest BCUT2D eigenvalue weighted by Gasteiger charge is -2.31. The number of likely N-dealkylation sites (tertiary alicyclic amines) is 1. The van der Waals surface area contributed by atoms with Crippen LogP contribution in [0.15, 0.2) is 24.4 Å². The van der Waals surface area contributed by atoms with Crippen molar-refractivity contribution in [3.05, 3.63) is 40.7 Å². The number of thiazole rings is 1. The predicted molar refractivity (Wildman–Crippen MR) is 105 cm³/mol. The molecular formula is C19H25N5S. The Balaban J connectivity index is 1.48. The molecule has 1 aromatic carbocycles. The minimum atomic E-state index is 0.488. The Morgan fingerprint density at radius 2 is 2.24 bits per heavy atom. The molecular weight excluding hydrogens is 330 g/mol. The van der Waals surface area contributed by atoms with Crippen LogP contribution in [0.25, 0.3) is 11.0 Å². The molecule has 25 heavy (non-hydrogen) atoms. The van der Waals surface area contributed by atoms with E-state index >= 15 is 0 Å². The van der Waals surface area contributed by atoms with Crippen LogP contribution in [0.4, 0.5) is 5.13 Å². The van der Waals surface area contributed by atoms with Gasteiger partial charge in [-0.1, -0.05) is 12.1 Å². The lowest BCUT2D eigenvalue weighted by Crippen LogP contribution is -2.34. The maximum absolute atomic E-state index is 4.91. The number of aromatic amines is 1. The molecule has 4 rings (SSSR count). The van der Waals surface area contributed by atoms with Gasteiger partial charge in [-0.3, -0.25) is 4.90 Å². The zero-order valence-electron chi connectivity index (χ0n) is 15.1. The number of anilines is 1. The minimum Gasteiger partial charge on any atom is -0.354 e. The summed E-state index contributed by atoms with van der Waals surface area (Å²) in [4.78, 5) is 18.9. The SMILES string of the molecule is Cc1cccc2[nH]c([C@@H]3CCCN(Cc4cnc(N(C)C)s4)C3)nc12. The highest BCUT2D eigenvalue weighted by Crippen LogP contribution is 2.29. The van der Waals surface area contributed by atoms with Crippen molar-refractivity contribution in [1.82, 2.24) is 19.9 Å². The van der Waals surface area contributed by atoms with E-state index in [0.29, 0.717) is 5.92 Å². The van der Waals surface area contributed by atoms with Crippen molar-refractivity contribution in [3.8, 4) is 0 Å². The Bertz CT molecular complexity index is 866. The summed E-state index contributed by atoms with van der Waals surface area (Å²) >= 11 is 1.79. The number of H-pyrrole nitrogens is 1. The topological polar surface area (TPSA) is 48.1 Å². The normalized spacial score (nSPS) is 18.8. The van der Waals surface area contributed by atoms with Gasteiger partial charge in [-0.05, 0) is 37.9 Å². The Labute approximate surface area is 152 Å². The number of piperidine rings is 1. The van der Waals surface area contributed by atoms with Crippen molar-refractivity contribution < 1.29 is 0 Å². The Kier molecular flexibility index (Phi) is 4.48. The predicted octanol–water partition coefficient (Wildman–Crippen LogP) is 3.77. The van der Waals surface area contributed by atoms with E-state index in [2.05, 4.69) is 44.9 Å². The molecule has 1 aliphatic heterocycles. The minimum absolute atomic E-state index is 0.488. The third-order valence-corrected chi connectivity index (χ3v) is 6.08. The number of benzene rings is 1. The average Bonchev–Trinajstić information content (AvgIpc) is 3.23. The molecule has 3 heterocycles. The van der Waals surface area contributed by atoms with Crippen LogP contribution in [-0.4, -0.2) is 47.0 Å². The Morgan fingerprint density at radius 3 is 3.00 bits per heavy atom. The number of nitrogens with one attached hydrogen (secondary N) is 1. The van der Waals surface area contributed by atoms with Gasteiger partial charge in [-0.15, -0.1) is 11.3 Å².